The number of furan rings is 1. The second kappa shape index (κ2) is 8.66. The van der Waals surface area contributed by atoms with Crippen LogP contribution in [0.4, 0.5) is 0 Å². The number of carboxylic acid groups (broad SMARTS) is 1. The molecule has 1 saturated carbocycles. The van der Waals surface area contributed by atoms with Crippen LogP contribution < -0.4 is 0 Å². The largest absolute Gasteiger partial charge is 0.481 e. The summed E-state index contributed by atoms with van der Waals surface area (Å²) in [5, 5.41) is 11.2. The highest BCUT2D eigenvalue weighted by molar-refractivity contribution is 6.35. The molecule has 1 amide bonds. The SMILES string of the molecule is O=C(O)C1CCCC2C1CCCN2C(=O)CC(c1ccco1)c1c[nH]c2cccc(Cl)c12. The van der Waals surface area contributed by atoms with Crippen molar-refractivity contribution in [3.8, 4) is 0 Å². The molecule has 1 aliphatic heterocycles. The molecule has 1 saturated heterocycles. The van der Waals surface area contributed by atoms with Crippen LogP contribution >= 0.6 is 11.6 Å². The van der Waals surface area contributed by atoms with E-state index in [2.05, 4.69) is 4.98 Å². The Kier molecular flexibility index (Phi) is 5.72. The van der Waals surface area contributed by atoms with Gasteiger partial charge in [-0.25, -0.2) is 0 Å². The van der Waals surface area contributed by atoms with Crippen LogP contribution in [-0.4, -0.2) is 39.5 Å². The molecule has 4 unspecified atom stereocenters. The Morgan fingerprint density at radius 1 is 1.19 bits per heavy atom. The number of piperidine rings is 1. The van der Waals surface area contributed by atoms with Crippen molar-refractivity contribution in [3.63, 3.8) is 0 Å². The standard InChI is InChI=1S/C25H27ClN2O4/c26-19-7-2-8-20-24(19)18(14-27-20)17(22-10-4-12-32-22)13-23(29)28-11-3-6-15-16(25(30)31)5-1-9-21(15)28/h2,4,7-8,10,12,14-17,21,27H,1,3,5-6,9,11,13H2,(H,30,31). The first kappa shape index (κ1) is 21.1. The van der Waals surface area contributed by atoms with Gasteiger partial charge in [0.1, 0.15) is 5.76 Å². The van der Waals surface area contributed by atoms with E-state index in [-0.39, 0.29) is 36.1 Å². The van der Waals surface area contributed by atoms with Crippen molar-refractivity contribution in [2.45, 2.75) is 50.5 Å². The van der Waals surface area contributed by atoms with Crippen LogP contribution in [0.1, 0.15) is 55.8 Å². The van der Waals surface area contributed by atoms with E-state index in [4.69, 9.17) is 16.0 Å². The number of amides is 1. The molecule has 0 radical (unpaired) electrons. The molecule has 7 heteroatoms. The van der Waals surface area contributed by atoms with Crippen molar-refractivity contribution < 1.29 is 19.1 Å². The number of aromatic nitrogens is 1. The number of nitrogens with zero attached hydrogens (tertiary/aromatic N) is 1. The summed E-state index contributed by atoms with van der Waals surface area (Å²) < 4.78 is 5.75. The molecule has 2 aromatic heterocycles. The fourth-order valence-electron chi connectivity index (χ4n) is 5.89. The number of halogens is 1. The highest BCUT2D eigenvalue weighted by atomic mass is 35.5. The normalized spacial score (nSPS) is 24.3. The summed E-state index contributed by atoms with van der Waals surface area (Å²) in [6.45, 7) is 0.686. The van der Waals surface area contributed by atoms with Crippen LogP contribution in [0, 0.1) is 11.8 Å². The molecule has 0 bridgehead atoms. The molecule has 32 heavy (non-hydrogen) atoms. The predicted molar refractivity (Wildman–Crippen MR) is 122 cm³/mol. The molecule has 2 aliphatic rings. The molecule has 168 valence electrons. The zero-order valence-electron chi connectivity index (χ0n) is 17.8. The van der Waals surface area contributed by atoms with E-state index >= 15 is 0 Å². The highest BCUT2D eigenvalue weighted by Crippen LogP contribution is 2.42. The third-order valence-electron chi connectivity index (χ3n) is 7.33. The molecule has 3 aromatic rings. The zero-order valence-corrected chi connectivity index (χ0v) is 18.6. The first-order valence-corrected chi connectivity index (χ1v) is 11.7. The molecular formula is C25H27ClN2O4. The van der Waals surface area contributed by atoms with Crippen molar-refractivity contribution in [3.05, 3.63) is 59.1 Å². The average molecular weight is 455 g/mol. The number of likely N-dealkylation sites (tertiary alicyclic amines) is 1. The second-order valence-electron chi connectivity index (χ2n) is 9.01. The van der Waals surface area contributed by atoms with Gasteiger partial charge in [0.25, 0.3) is 0 Å². The molecule has 6 nitrogen and oxygen atoms in total. The summed E-state index contributed by atoms with van der Waals surface area (Å²) in [5.74, 6) is -0.532. The van der Waals surface area contributed by atoms with Gasteiger partial charge < -0.3 is 19.4 Å². The first-order chi connectivity index (χ1) is 15.5. The Balaban J connectivity index is 1.45. The lowest BCUT2D eigenvalue weighted by Gasteiger charge is -2.46. The number of hydrogen-bond donors (Lipinski definition) is 2. The van der Waals surface area contributed by atoms with E-state index in [1.807, 2.05) is 41.4 Å². The Morgan fingerprint density at radius 3 is 2.84 bits per heavy atom. The number of aromatic amines is 1. The summed E-state index contributed by atoms with van der Waals surface area (Å²) in [6, 6.07) is 9.45. The summed E-state index contributed by atoms with van der Waals surface area (Å²) in [6.07, 6.45) is 7.96. The fraction of sp³-hybridized carbons (Fsp3) is 0.440. The molecule has 2 N–H and O–H groups in total. The third kappa shape index (κ3) is 3.71. The van der Waals surface area contributed by atoms with E-state index in [9.17, 15) is 14.7 Å². The minimum atomic E-state index is -0.726. The number of carbonyl (C=O) groups excluding carboxylic acids is 1. The van der Waals surface area contributed by atoms with E-state index in [1.165, 1.54) is 0 Å². The first-order valence-electron chi connectivity index (χ1n) is 11.4. The number of fused-ring (bicyclic) bond motifs is 2. The maximum atomic E-state index is 13.6. The van der Waals surface area contributed by atoms with Crippen LogP contribution in [0.5, 0.6) is 0 Å². The Hall–Kier alpha value is -2.73. The van der Waals surface area contributed by atoms with Crippen molar-refractivity contribution in [1.29, 1.82) is 0 Å². The molecule has 1 aliphatic carbocycles. The summed E-state index contributed by atoms with van der Waals surface area (Å²) in [7, 11) is 0. The maximum absolute atomic E-state index is 13.6. The van der Waals surface area contributed by atoms with Gasteiger partial charge in [-0.1, -0.05) is 24.1 Å². The number of benzene rings is 1. The molecule has 4 atom stereocenters. The topological polar surface area (TPSA) is 86.5 Å². The van der Waals surface area contributed by atoms with Gasteiger partial charge in [0.2, 0.25) is 5.91 Å². The molecule has 2 fully saturated rings. The van der Waals surface area contributed by atoms with E-state index in [0.717, 1.165) is 47.9 Å². The predicted octanol–water partition coefficient (Wildman–Crippen LogP) is 5.43. The third-order valence-corrected chi connectivity index (χ3v) is 7.64. The maximum Gasteiger partial charge on any atom is 0.306 e. The van der Waals surface area contributed by atoms with Gasteiger partial charge in [-0.3, -0.25) is 9.59 Å². The molecule has 3 heterocycles. The van der Waals surface area contributed by atoms with Crippen LogP contribution in [0.3, 0.4) is 0 Å². The summed E-state index contributed by atoms with van der Waals surface area (Å²) >= 11 is 6.53. The van der Waals surface area contributed by atoms with Gasteiger partial charge in [-0.05, 0) is 61.4 Å². The van der Waals surface area contributed by atoms with Gasteiger partial charge in [0, 0.05) is 36.1 Å². The zero-order chi connectivity index (χ0) is 22.2. The average Bonchev–Trinajstić information content (AvgIpc) is 3.47. The van der Waals surface area contributed by atoms with Crippen molar-refractivity contribution in [1.82, 2.24) is 9.88 Å². The smallest absolute Gasteiger partial charge is 0.306 e. The fourth-order valence-corrected chi connectivity index (χ4v) is 6.17. The number of carboxylic acids is 1. The monoisotopic (exact) mass is 454 g/mol. The van der Waals surface area contributed by atoms with E-state index in [1.54, 1.807) is 6.26 Å². The van der Waals surface area contributed by atoms with Crippen molar-refractivity contribution >= 4 is 34.4 Å². The van der Waals surface area contributed by atoms with Crippen molar-refractivity contribution in [2.75, 3.05) is 6.54 Å². The van der Waals surface area contributed by atoms with E-state index in [0.29, 0.717) is 18.0 Å². The van der Waals surface area contributed by atoms with Crippen LogP contribution in [-0.2, 0) is 9.59 Å². The number of rotatable bonds is 5. The molecule has 1 aromatic carbocycles. The number of hydrogen-bond acceptors (Lipinski definition) is 3. The Bertz CT molecular complexity index is 1120. The minimum absolute atomic E-state index is 0.00917. The van der Waals surface area contributed by atoms with Gasteiger partial charge in [-0.2, -0.15) is 0 Å². The Morgan fingerprint density at radius 2 is 2.06 bits per heavy atom. The Labute approximate surface area is 191 Å². The lowest BCUT2D eigenvalue weighted by molar-refractivity contribution is -0.152. The number of aliphatic carboxylic acids is 1. The quantitative estimate of drug-likeness (QED) is 0.538. The minimum Gasteiger partial charge on any atom is -0.481 e. The van der Waals surface area contributed by atoms with Gasteiger partial charge in [0.15, 0.2) is 0 Å². The van der Waals surface area contributed by atoms with Gasteiger partial charge >= 0.3 is 5.97 Å². The number of H-pyrrole nitrogens is 1. The lowest BCUT2D eigenvalue weighted by Crippen LogP contribution is -2.53. The van der Waals surface area contributed by atoms with Crippen LogP contribution in [0.2, 0.25) is 5.02 Å². The summed E-state index contributed by atoms with van der Waals surface area (Å²) in [4.78, 5) is 30.7. The van der Waals surface area contributed by atoms with Crippen molar-refractivity contribution in [2.24, 2.45) is 11.8 Å². The van der Waals surface area contributed by atoms with Gasteiger partial charge in [0.05, 0.1) is 23.1 Å². The molecule has 5 rings (SSSR count). The van der Waals surface area contributed by atoms with E-state index < -0.39 is 5.97 Å². The van der Waals surface area contributed by atoms with Crippen LogP contribution in [0.15, 0.2) is 47.2 Å². The van der Waals surface area contributed by atoms with Gasteiger partial charge in [-0.15, -0.1) is 0 Å². The summed E-state index contributed by atoms with van der Waals surface area (Å²) in [5.41, 5.74) is 1.86. The highest BCUT2D eigenvalue weighted by Gasteiger charge is 2.44. The second-order valence-corrected chi connectivity index (χ2v) is 9.42. The molecule has 0 spiro atoms. The number of nitrogens with one attached hydrogen (secondary N) is 1. The number of carbonyl (C=O) groups is 2. The lowest BCUT2D eigenvalue weighted by atomic mass is 9.71. The molecular weight excluding hydrogens is 428 g/mol. The van der Waals surface area contributed by atoms with Crippen LogP contribution in [0.25, 0.3) is 10.9 Å².